The number of hydrogen-bond acceptors (Lipinski definition) is 8. The second kappa shape index (κ2) is 13.2. The van der Waals surface area contributed by atoms with E-state index in [1.54, 1.807) is 44.1 Å². The lowest BCUT2D eigenvalue weighted by Crippen LogP contribution is -2.15. The molecule has 0 radical (unpaired) electrons. The first-order valence-electron chi connectivity index (χ1n) is 11.5. The number of methoxy groups -OCH3 is 3. The third-order valence-corrected chi connectivity index (χ3v) is 6.43. The van der Waals surface area contributed by atoms with Crippen LogP contribution in [0, 0.1) is 6.92 Å². The van der Waals surface area contributed by atoms with Gasteiger partial charge in [-0.05, 0) is 19.1 Å². The summed E-state index contributed by atoms with van der Waals surface area (Å²) < 4.78 is 17.6. The van der Waals surface area contributed by atoms with E-state index in [0.29, 0.717) is 70.8 Å². The minimum Gasteiger partial charge on any atom is -0.495 e. The van der Waals surface area contributed by atoms with Crippen molar-refractivity contribution in [2.24, 2.45) is 0 Å². The number of nitrogens with zero attached hydrogens (tertiary/aromatic N) is 5. The molecule has 0 atom stereocenters. The van der Waals surface area contributed by atoms with Gasteiger partial charge in [0, 0.05) is 43.2 Å². The van der Waals surface area contributed by atoms with Crippen LogP contribution in [0.2, 0.25) is 10.0 Å². The molecule has 0 unspecified atom stereocenters. The molecule has 0 aliphatic rings. The Hall–Kier alpha value is -3.93. The van der Waals surface area contributed by atoms with Gasteiger partial charge in [0.1, 0.15) is 17.2 Å². The average molecular weight is 575 g/mol. The van der Waals surface area contributed by atoms with Crippen molar-refractivity contribution >= 4 is 53.0 Å². The quantitative estimate of drug-likeness (QED) is 0.250. The molecule has 39 heavy (non-hydrogen) atoms. The summed E-state index contributed by atoms with van der Waals surface area (Å²) in [5.41, 5.74) is 2.76. The summed E-state index contributed by atoms with van der Waals surface area (Å²) in [6.45, 7) is 6.06. The smallest absolute Gasteiger partial charge is 0.247 e. The Labute approximate surface area is 236 Å². The van der Waals surface area contributed by atoms with Crippen molar-refractivity contribution in [3.05, 3.63) is 58.0 Å². The number of ether oxygens (including phenoxy) is 3. The highest BCUT2D eigenvalue weighted by Crippen LogP contribution is 2.44. The molecule has 11 nitrogen and oxygen atoms in total. The monoisotopic (exact) mass is 574 g/mol. The molecule has 2 heterocycles. The van der Waals surface area contributed by atoms with Crippen molar-refractivity contribution in [1.82, 2.24) is 24.6 Å². The number of nitrogens with one attached hydrogen (secondary N) is 1. The molecule has 13 heteroatoms. The Balaban J connectivity index is 2.18. The van der Waals surface area contributed by atoms with Gasteiger partial charge in [0.2, 0.25) is 12.3 Å². The summed E-state index contributed by atoms with van der Waals surface area (Å²) >= 11 is 13.3. The van der Waals surface area contributed by atoms with Crippen LogP contribution in [-0.4, -0.2) is 71.9 Å². The van der Waals surface area contributed by atoms with Crippen molar-refractivity contribution in [1.29, 1.82) is 0 Å². The largest absolute Gasteiger partial charge is 0.495 e. The van der Waals surface area contributed by atoms with Crippen LogP contribution in [-0.2, 0) is 20.9 Å². The first-order chi connectivity index (χ1) is 18.7. The van der Waals surface area contributed by atoms with Gasteiger partial charge < -0.3 is 24.4 Å². The van der Waals surface area contributed by atoms with Crippen LogP contribution in [0.15, 0.2) is 31.1 Å². The summed E-state index contributed by atoms with van der Waals surface area (Å²) in [7, 11) is 6.07. The SMILES string of the molecule is C=CC(=O)Nc1cnn(CCOC)c1-c1ncc(/C=C(/c2c(Cl)c(OC)cc(OC)c2Cl)N(C)C=O)c(C)n1. The molecule has 1 aromatic carbocycles. The molecule has 0 aliphatic heterocycles. The van der Waals surface area contributed by atoms with Gasteiger partial charge in [0.05, 0.1) is 55.0 Å². The van der Waals surface area contributed by atoms with Crippen LogP contribution in [0.3, 0.4) is 0 Å². The number of carbonyl (C=O) groups is 2. The van der Waals surface area contributed by atoms with Crippen molar-refractivity contribution in [2.45, 2.75) is 13.5 Å². The zero-order valence-corrected chi connectivity index (χ0v) is 23.6. The third kappa shape index (κ3) is 6.39. The average Bonchev–Trinajstić information content (AvgIpc) is 3.33. The van der Waals surface area contributed by atoms with Crippen LogP contribution in [0.5, 0.6) is 11.5 Å². The first kappa shape index (κ1) is 29.6. The minimum absolute atomic E-state index is 0.197. The third-order valence-electron chi connectivity index (χ3n) is 5.68. The van der Waals surface area contributed by atoms with Gasteiger partial charge in [-0.2, -0.15) is 5.10 Å². The molecule has 206 valence electrons. The van der Waals surface area contributed by atoms with E-state index in [1.165, 1.54) is 25.3 Å². The number of rotatable bonds is 12. The van der Waals surface area contributed by atoms with Crippen molar-refractivity contribution in [2.75, 3.05) is 40.3 Å². The first-order valence-corrected chi connectivity index (χ1v) is 12.3. The highest BCUT2D eigenvalue weighted by atomic mass is 35.5. The topological polar surface area (TPSA) is 121 Å². The lowest BCUT2D eigenvalue weighted by Gasteiger charge is -2.21. The summed E-state index contributed by atoms with van der Waals surface area (Å²) in [5, 5.41) is 7.46. The van der Waals surface area contributed by atoms with E-state index < -0.39 is 5.91 Å². The van der Waals surface area contributed by atoms with Gasteiger partial charge >= 0.3 is 0 Å². The van der Waals surface area contributed by atoms with E-state index in [9.17, 15) is 9.59 Å². The predicted octanol–water partition coefficient (Wildman–Crippen LogP) is 4.33. The molecule has 0 bridgehead atoms. The summed E-state index contributed by atoms with van der Waals surface area (Å²) in [5.74, 6) is 0.560. The maximum atomic E-state index is 12.0. The predicted molar refractivity (Wildman–Crippen MR) is 150 cm³/mol. The Morgan fingerprint density at radius 2 is 1.85 bits per heavy atom. The zero-order valence-electron chi connectivity index (χ0n) is 22.1. The molecule has 3 rings (SSSR count). The van der Waals surface area contributed by atoms with Crippen molar-refractivity contribution in [3.63, 3.8) is 0 Å². The molecule has 1 N–H and O–H groups in total. The normalized spacial score (nSPS) is 11.2. The maximum Gasteiger partial charge on any atom is 0.247 e. The van der Waals surface area contributed by atoms with E-state index in [0.717, 1.165) is 6.08 Å². The molecular weight excluding hydrogens is 547 g/mol. The van der Waals surface area contributed by atoms with E-state index in [-0.39, 0.29) is 10.0 Å². The Morgan fingerprint density at radius 1 is 1.18 bits per heavy atom. The maximum absolute atomic E-state index is 12.0. The van der Waals surface area contributed by atoms with Gasteiger partial charge in [0.25, 0.3) is 0 Å². The fourth-order valence-electron chi connectivity index (χ4n) is 3.64. The molecule has 0 aliphatic carbocycles. The van der Waals surface area contributed by atoms with Crippen LogP contribution in [0.25, 0.3) is 23.3 Å². The second-order valence-corrected chi connectivity index (χ2v) is 8.84. The van der Waals surface area contributed by atoms with E-state index in [2.05, 4.69) is 27.0 Å². The number of amides is 2. The number of aromatic nitrogens is 4. The van der Waals surface area contributed by atoms with E-state index in [1.807, 2.05) is 0 Å². The molecule has 0 fully saturated rings. The highest BCUT2D eigenvalue weighted by molar-refractivity contribution is 6.39. The molecule has 2 aromatic heterocycles. The number of aryl methyl sites for hydroxylation is 1. The highest BCUT2D eigenvalue weighted by Gasteiger charge is 2.23. The Bertz CT molecular complexity index is 1390. The molecular formula is C26H28Cl2N6O5. The second-order valence-electron chi connectivity index (χ2n) is 8.08. The number of anilines is 1. The van der Waals surface area contributed by atoms with Crippen molar-refractivity contribution in [3.8, 4) is 23.0 Å². The summed E-state index contributed by atoms with van der Waals surface area (Å²) in [4.78, 5) is 34.4. The summed E-state index contributed by atoms with van der Waals surface area (Å²) in [6, 6.07) is 1.56. The molecule has 2 amide bonds. The van der Waals surface area contributed by atoms with Gasteiger partial charge in [-0.15, -0.1) is 0 Å². The number of halogens is 2. The van der Waals surface area contributed by atoms with Gasteiger partial charge in [0.15, 0.2) is 5.82 Å². The molecule has 0 spiro atoms. The number of carbonyl (C=O) groups excluding carboxylic acids is 2. The van der Waals surface area contributed by atoms with Crippen LogP contribution >= 0.6 is 23.2 Å². The minimum atomic E-state index is -0.400. The fourth-order valence-corrected chi connectivity index (χ4v) is 4.34. The molecule has 0 saturated heterocycles. The standard InChI is InChI=1S/C26H28Cl2N6O5/c1-7-21(36)32-17-13-30-34(8-9-37-4)25(17)26-29-12-16(15(2)31-26)10-18(33(3)14-35)22-23(27)19(38-5)11-20(39-6)24(22)28/h7,10-14H,1,8-9H2,2-6H3,(H,32,36)/b18-10-. The van der Waals surface area contributed by atoms with Crippen LogP contribution in [0.4, 0.5) is 5.69 Å². The molecule has 0 saturated carbocycles. The Morgan fingerprint density at radius 3 is 2.38 bits per heavy atom. The van der Waals surface area contributed by atoms with Gasteiger partial charge in [-0.25, -0.2) is 9.97 Å². The van der Waals surface area contributed by atoms with Gasteiger partial charge in [-0.3, -0.25) is 14.3 Å². The molecule has 3 aromatic rings. The van der Waals surface area contributed by atoms with E-state index >= 15 is 0 Å². The number of hydrogen-bond donors (Lipinski definition) is 1. The lowest BCUT2D eigenvalue weighted by atomic mass is 10.1. The number of benzene rings is 1. The Kier molecular flexibility index (Phi) is 10.0. The van der Waals surface area contributed by atoms with Crippen LogP contribution in [0.1, 0.15) is 16.8 Å². The summed E-state index contributed by atoms with van der Waals surface area (Å²) in [6.07, 6.45) is 6.56. The fraction of sp³-hybridized carbons (Fsp3) is 0.269. The van der Waals surface area contributed by atoms with Crippen molar-refractivity contribution < 1.29 is 23.8 Å². The van der Waals surface area contributed by atoms with Gasteiger partial charge in [-0.1, -0.05) is 29.8 Å². The van der Waals surface area contributed by atoms with Crippen LogP contribution < -0.4 is 14.8 Å². The zero-order chi connectivity index (χ0) is 28.7. The lowest BCUT2D eigenvalue weighted by molar-refractivity contribution is -0.114. The van der Waals surface area contributed by atoms with E-state index in [4.69, 9.17) is 37.4 Å².